The summed E-state index contributed by atoms with van der Waals surface area (Å²) in [5, 5.41) is 10.2. The normalized spacial score (nSPS) is 24.6. The van der Waals surface area contributed by atoms with Crippen LogP contribution in [0.15, 0.2) is 24.3 Å². The van der Waals surface area contributed by atoms with Crippen molar-refractivity contribution in [1.29, 1.82) is 0 Å². The van der Waals surface area contributed by atoms with Crippen LogP contribution < -0.4 is 0 Å². The van der Waals surface area contributed by atoms with Gasteiger partial charge in [-0.15, -0.1) is 0 Å². The molecule has 4 heteroatoms. The molecule has 3 atom stereocenters. The number of hydrogen-bond acceptors (Lipinski definition) is 4. The fourth-order valence-electron chi connectivity index (χ4n) is 2.82. The number of nitrogens with zero attached hydrogens (tertiary/aromatic N) is 1. The summed E-state index contributed by atoms with van der Waals surface area (Å²) >= 11 is 0. The Morgan fingerprint density at radius 3 is 2.77 bits per heavy atom. The molecular weight excluding hydrogens is 278 g/mol. The van der Waals surface area contributed by atoms with Crippen LogP contribution in [0, 0.1) is 6.92 Å². The molecule has 0 saturated carbocycles. The van der Waals surface area contributed by atoms with Crippen LogP contribution in [0.4, 0.5) is 0 Å². The van der Waals surface area contributed by atoms with Gasteiger partial charge in [-0.3, -0.25) is 4.90 Å². The highest BCUT2D eigenvalue weighted by Crippen LogP contribution is 2.27. The number of aryl methyl sites for hydroxylation is 1. The second-order valence-electron chi connectivity index (χ2n) is 6.52. The fraction of sp³-hybridized carbons (Fsp3) is 0.667. The Morgan fingerprint density at radius 1 is 1.36 bits per heavy atom. The second-order valence-corrected chi connectivity index (χ2v) is 6.52. The number of β-amino-alcohol motifs (C(OH)–C–C–N with tert-alkyl or cyclic N) is 1. The smallest absolute Gasteiger partial charge is 0.0955 e. The van der Waals surface area contributed by atoms with Crippen molar-refractivity contribution in [2.24, 2.45) is 0 Å². The predicted octanol–water partition coefficient (Wildman–Crippen LogP) is 2.54. The topological polar surface area (TPSA) is 41.9 Å². The minimum Gasteiger partial charge on any atom is -0.389 e. The summed E-state index contributed by atoms with van der Waals surface area (Å²) in [6.45, 7) is 10.7. The van der Waals surface area contributed by atoms with Crippen molar-refractivity contribution in [2.75, 3.05) is 26.3 Å². The van der Waals surface area contributed by atoms with Gasteiger partial charge in [0.25, 0.3) is 0 Å². The first kappa shape index (κ1) is 17.4. The predicted molar refractivity (Wildman–Crippen MR) is 88.0 cm³/mol. The molecule has 1 fully saturated rings. The number of benzene rings is 1. The molecule has 0 radical (unpaired) electrons. The minimum absolute atomic E-state index is 0.0793. The van der Waals surface area contributed by atoms with Crippen molar-refractivity contribution in [3.63, 3.8) is 0 Å². The van der Waals surface area contributed by atoms with Gasteiger partial charge in [-0.05, 0) is 38.8 Å². The molecule has 1 aliphatic heterocycles. The zero-order valence-electron chi connectivity index (χ0n) is 14.2. The van der Waals surface area contributed by atoms with Crippen molar-refractivity contribution in [3.8, 4) is 0 Å². The van der Waals surface area contributed by atoms with Gasteiger partial charge in [0.05, 0.1) is 31.5 Å². The molecule has 0 bridgehead atoms. The zero-order chi connectivity index (χ0) is 16.1. The van der Waals surface area contributed by atoms with E-state index in [1.807, 2.05) is 13.8 Å². The van der Waals surface area contributed by atoms with Gasteiger partial charge in [0.2, 0.25) is 0 Å². The highest BCUT2D eigenvalue weighted by Gasteiger charge is 2.29. The largest absolute Gasteiger partial charge is 0.389 e. The lowest BCUT2D eigenvalue weighted by molar-refractivity contribution is -0.0818. The Labute approximate surface area is 134 Å². The average molecular weight is 307 g/mol. The summed E-state index contributed by atoms with van der Waals surface area (Å²) < 4.78 is 11.5. The van der Waals surface area contributed by atoms with Gasteiger partial charge < -0.3 is 14.6 Å². The van der Waals surface area contributed by atoms with Crippen molar-refractivity contribution < 1.29 is 14.6 Å². The van der Waals surface area contributed by atoms with Crippen molar-refractivity contribution >= 4 is 0 Å². The summed E-state index contributed by atoms with van der Waals surface area (Å²) in [6, 6.07) is 8.67. The van der Waals surface area contributed by atoms with E-state index in [0.717, 1.165) is 6.54 Å². The van der Waals surface area contributed by atoms with Gasteiger partial charge in [0.1, 0.15) is 0 Å². The molecule has 22 heavy (non-hydrogen) atoms. The molecular formula is C18H29NO3. The summed E-state index contributed by atoms with van der Waals surface area (Å²) in [5.74, 6) is 0. The average Bonchev–Trinajstić information content (AvgIpc) is 2.48. The zero-order valence-corrected chi connectivity index (χ0v) is 14.2. The van der Waals surface area contributed by atoms with E-state index in [-0.39, 0.29) is 12.2 Å². The summed E-state index contributed by atoms with van der Waals surface area (Å²) in [6.07, 6.45) is -0.229. The van der Waals surface area contributed by atoms with Gasteiger partial charge in [-0.1, -0.05) is 24.3 Å². The van der Waals surface area contributed by atoms with E-state index >= 15 is 0 Å². The maximum atomic E-state index is 10.2. The highest BCUT2D eigenvalue weighted by molar-refractivity contribution is 5.28. The van der Waals surface area contributed by atoms with Gasteiger partial charge in [0, 0.05) is 19.1 Å². The van der Waals surface area contributed by atoms with Crippen LogP contribution in [0.5, 0.6) is 0 Å². The van der Waals surface area contributed by atoms with Gasteiger partial charge in [-0.2, -0.15) is 0 Å². The molecule has 1 N–H and O–H groups in total. The molecule has 1 heterocycles. The maximum Gasteiger partial charge on any atom is 0.0955 e. The molecule has 0 aromatic heterocycles. The summed E-state index contributed by atoms with van der Waals surface area (Å²) in [5.41, 5.74) is 2.50. The fourth-order valence-corrected chi connectivity index (χ4v) is 2.82. The molecule has 2 rings (SSSR count). The number of morpholine rings is 1. The third-order valence-electron chi connectivity index (χ3n) is 4.16. The molecule has 1 aromatic rings. The van der Waals surface area contributed by atoms with E-state index in [9.17, 15) is 5.11 Å². The lowest BCUT2D eigenvalue weighted by atomic mass is 10.0. The number of hydrogen-bond donors (Lipinski definition) is 1. The molecule has 1 saturated heterocycles. The van der Waals surface area contributed by atoms with E-state index in [1.165, 1.54) is 11.1 Å². The van der Waals surface area contributed by atoms with Gasteiger partial charge >= 0.3 is 0 Å². The number of aliphatic hydroxyl groups is 1. The first-order valence-corrected chi connectivity index (χ1v) is 8.18. The highest BCUT2D eigenvalue weighted by atomic mass is 16.5. The molecule has 0 spiro atoms. The molecule has 1 aliphatic rings. The molecule has 0 amide bonds. The van der Waals surface area contributed by atoms with Crippen LogP contribution in [0.3, 0.4) is 0 Å². The van der Waals surface area contributed by atoms with Crippen LogP contribution in [0.1, 0.15) is 38.0 Å². The van der Waals surface area contributed by atoms with Crippen LogP contribution in [0.2, 0.25) is 0 Å². The van der Waals surface area contributed by atoms with E-state index in [1.54, 1.807) is 0 Å². The van der Waals surface area contributed by atoms with E-state index < -0.39 is 6.10 Å². The second kappa shape index (κ2) is 8.06. The maximum absolute atomic E-state index is 10.2. The number of ether oxygens (including phenoxy) is 2. The Morgan fingerprint density at radius 2 is 2.09 bits per heavy atom. The van der Waals surface area contributed by atoms with Crippen molar-refractivity contribution in [3.05, 3.63) is 35.4 Å². The van der Waals surface area contributed by atoms with Crippen molar-refractivity contribution in [2.45, 2.75) is 52.0 Å². The van der Waals surface area contributed by atoms with Crippen LogP contribution >= 0.6 is 0 Å². The lowest BCUT2D eigenvalue weighted by Gasteiger charge is -2.39. The van der Waals surface area contributed by atoms with Gasteiger partial charge in [0.15, 0.2) is 0 Å². The third kappa shape index (κ3) is 4.78. The van der Waals surface area contributed by atoms with E-state index in [0.29, 0.717) is 25.8 Å². The van der Waals surface area contributed by atoms with Crippen molar-refractivity contribution in [1.82, 2.24) is 4.90 Å². The third-order valence-corrected chi connectivity index (χ3v) is 4.16. The lowest BCUT2D eigenvalue weighted by Crippen LogP contribution is -2.48. The van der Waals surface area contributed by atoms with Gasteiger partial charge in [-0.25, -0.2) is 0 Å². The quantitative estimate of drug-likeness (QED) is 0.877. The molecule has 124 valence electrons. The summed E-state index contributed by atoms with van der Waals surface area (Å²) in [4.78, 5) is 2.30. The molecule has 4 nitrogen and oxygen atoms in total. The molecule has 1 aromatic carbocycles. The SMILES string of the molecule is Cc1ccccc1C1CN(CC(O)COC(C)C)C(C)CO1. The number of aliphatic hydroxyl groups excluding tert-OH is 1. The molecule has 0 aliphatic carbocycles. The van der Waals surface area contributed by atoms with Crippen LogP contribution in [-0.4, -0.2) is 54.6 Å². The Kier molecular flexibility index (Phi) is 6.38. The minimum atomic E-state index is -0.458. The Hall–Kier alpha value is -0.940. The Balaban J connectivity index is 1.95. The first-order chi connectivity index (χ1) is 10.5. The van der Waals surface area contributed by atoms with Crippen LogP contribution in [-0.2, 0) is 9.47 Å². The monoisotopic (exact) mass is 307 g/mol. The number of rotatable bonds is 6. The van der Waals surface area contributed by atoms with E-state index in [4.69, 9.17) is 9.47 Å². The van der Waals surface area contributed by atoms with E-state index in [2.05, 4.69) is 43.0 Å². The standard InChI is InChI=1S/C18H29NO3/c1-13(2)21-12-16(20)9-19-10-18(22-11-15(19)4)17-8-6-5-7-14(17)3/h5-8,13,15-16,18,20H,9-12H2,1-4H3. The van der Waals surface area contributed by atoms with Crippen LogP contribution in [0.25, 0.3) is 0 Å². The first-order valence-electron chi connectivity index (χ1n) is 8.18. The summed E-state index contributed by atoms with van der Waals surface area (Å²) in [7, 11) is 0. The molecule has 3 unspecified atom stereocenters. The Bertz CT molecular complexity index is 463.